The maximum Gasteiger partial charge on any atom is 0.344 e. The number of ether oxygens (including phenoxy) is 1. The number of hydrogen-bond acceptors (Lipinski definition) is 6. The van der Waals surface area contributed by atoms with Crippen LogP contribution in [-0.2, 0) is 9.53 Å². The van der Waals surface area contributed by atoms with Gasteiger partial charge in [-0.05, 0) is 51.1 Å². The summed E-state index contributed by atoms with van der Waals surface area (Å²) >= 11 is 1.02. The minimum Gasteiger partial charge on any atom is -0.506 e. The lowest BCUT2D eigenvalue weighted by Gasteiger charge is -2.03. The predicted octanol–water partition coefficient (Wildman–Crippen LogP) is 4.60. The van der Waals surface area contributed by atoms with E-state index in [2.05, 4.69) is 4.99 Å². The molecule has 7 heteroatoms. The minimum atomic E-state index is -0.734. The van der Waals surface area contributed by atoms with Gasteiger partial charge in [0.1, 0.15) is 27.9 Å². The number of aliphatic imine (C=N–C) groups is 1. The molecule has 0 saturated carbocycles. The Morgan fingerprint density at radius 3 is 2.50 bits per heavy atom. The second-order valence-electron chi connectivity index (χ2n) is 6.09. The number of furan rings is 1. The van der Waals surface area contributed by atoms with Crippen LogP contribution in [0.15, 0.2) is 62.0 Å². The number of carbonyl (C=O) groups excluding carboxylic acids is 2. The Morgan fingerprint density at radius 1 is 1.18 bits per heavy atom. The van der Waals surface area contributed by atoms with Crippen molar-refractivity contribution >= 4 is 34.8 Å². The molecule has 0 fully saturated rings. The van der Waals surface area contributed by atoms with Gasteiger partial charge in [0, 0.05) is 5.56 Å². The molecule has 0 unspecified atom stereocenters. The summed E-state index contributed by atoms with van der Waals surface area (Å²) in [7, 11) is 0. The van der Waals surface area contributed by atoms with Crippen LogP contribution >= 0.6 is 11.8 Å². The molecule has 0 aliphatic carbocycles. The van der Waals surface area contributed by atoms with Crippen molar-refractivity contribution in [3.8, 4) is 0 Å². The number of esters is 1. The minimum absolute atomic E-state index is 0.0936. The number of aliphatic hydroxyl groups excluding tert-OH is 1. The molecule has 28 heavy (non-hydrogen) atoms. The van der Waals surface area contributed by atoms with Crippen LogP contribution in [0.25, 0.3) is 6.08 Å². The Bertz CT molecular complexity index is 1010. The molecule has 0 spiro atoms. The quantitative estimate of drug-likeness (QED) is 0.759. The molecular weight excluding hydrogens is 378 g/mol. The summed E-state index contributed by atoms with van der Waals surface area (Å²) < 4.78 is 10.5. The third-order valence-electron chi connectivity index (χ3n) is 3.91. The summed E-state index contributed by atoms with van der Waals surface area (Å²) in [5, 5.41) is 10.7. The van der Waals surface area contributed by atoms with E-state index in [0.29, 0.717) is 22.0 Å². The molecule has 0 bridgehead atoms. The maximum atomic E-state index is 12.5. The highest BCUT2D eigenvalue weighted by Crippen LogP contribution is 2.39. The van der Waals surface area contributed by atoms with E-state index in [1.807, 2.05) is 6.92 Å². The molecule has 0 radical (unpaired) electrons. The van der Waals surface area contributed by atoms with Crippen molar-refractivity contribution in [1.29, 1.82) is 0 Å². The van der Waals surface area contributed by atoms with Gasteiger partial charge in [-0.15, -0.1) is 0 Å². The zero-order valence-corrected chi connectivity index (χ0v) is 16.5. The van der Waals surface area contributed by atoms with Crippen molar-refractivity contribution in [2.45, 2.75) is 20.8 Å². The fourth-order valence-electron chi connectivity index (χ4n) is 2.50. The lowest BCUT2D eigenvalue weighted by molar-refractivity contribution is -0.138. The largest absolute Gasteiger partial charge is 0.506 e. The average molecular weight is 397 g/mol. The predicted molar refractivity (Wildman–Crippen MR) is 108 cm³/mol. The van der Waals surface area contributed by atoms with E-state index < -0.39 is 11.9 Å². The molecule has 1 aliphatic rings. The summed E-state index contributed by atoms with van der Waals surface area (Å²) in [5.41, 5.74) is 1.28. The molecule has 1 aromatic heterocycles. The van der Waals surface area contributed by atoms with Gasteiger partial charge in [0.25, 0.3) is 5.91 Å². The number of nitrogens with zero attached hydrogens (tertiary/aromatic N) is 1. The molecule has 2 aromatic rings. The standard InChI is InChI=1S/C21H19NO5S/c1-4-26-21(25)17-18(23)16(11-15-10-7-13(3)27-15)28-20(17)22-19(24)14-8-5-12(2)6-9-14/h5-11,23H,4H2,1-3H3/b16-11+,22-20?. The number of hydrogen-bond donors (Lipinski definition) is 1. The van der Waals surface area contributed by atoms with Crippen molar-refractivity contribution in [2.24, 2.45) is 4.99 Å². The van der Waals surface area contributed by atoms with Crippen LogP contribution < -0.4 is 0 Å². The van der Waals surface area contributed by atoms with Gasteiger partial charge in [-0.3, -0.25) is 4.79 Å². The molecule has 0 atom stereocenters. The Balaban J connectivity index is 1.99. The summed E-state index contributed by atoms with van der Waals surface area (Å²) in [6, 6.07) is 10.5. The van der Waals surface area contributed by atoms with E-state index in [1.165, 1.54) is 0 Å². The normalized spacial score (nSPS) is 16.8. The van der Waals surface area contributed by atoms with Gasteiger partial charge < -0.3 is 14.3 Å². The highest BCUT2D eigenvalue weighted by Gasteiger charge is 2.34. The average Bonchev–Trinajstić information content (AvgIpc) is 3.19. The van der Waals surface area contributed by atoms with Crippen LogP contribution in [0.2, 0.25) is 0 Å². The van der Waals surface area contributed by atoms with Gasteiger partial charge >= 0.3 is 5.97 Å². The topological polar surface area (TPSA) is 89.1 Å². The van der Waals surface area contributed by atoms with Crippen LogP contribution in [0, 0.1) is 13.8 Å². The first-order valence-corrected chi connectivity index (χ1v) is 9.47. The van der Waals surface area contributed by atoms with Crippen LogP contribution in [0.4, 0.5) is 0 Å². The third kappa shape index (κ3) is 4.26. The van der Waals surface area contributed by atoms with Crippen LogP contribution in [0.1, 0.15) is 34.4 Å². The Labute approximate surface area is 166 Å². The number of rotatable bonds is 4. The van der Waals surface area contributed by atoms with Crippen LogP contribution in [0.3, 0.4) is 0 Å². The molecule has 2 heterocycles. The first-order valence-electron chi connectivity index (χ1n) is 8.65. The van der Waals surface area contributed by atoms with E-state index >= 15 is 0 Å². The first kappa shape index (κ1) is 19.7. The molecule has 1 aromatic carbocycles. The van der Waals surface area contributed by atoms with Crippen LogP contribution in [-0.4, -0.2) is 28.6 Å². The lowest BCUT2D eigenvalue weighted by atomic mass is 10.1. The second kappa shape index (κ2) is 8.31. The van der Waals surface area contributed by atoms with E-state index in [1.54, 1.807) is 56.3 Å². The zero-order valence-electron chi connectivity index (χ0n) is 15.7. The van der Waals surface area contributed by atoms with Gasteiger partial charge in [0.15, 0.2) is 0 Å². The molecule has 3 rings (SSSR count). The van der Waals surface area contributed by atoms with E-state index in [0.717, 1.165) is 17.3 Å². The Hall–Kier alpha value is -3.06. The number of benzene rings is 1. The van der Waals surface area contributed by atoms with Gasteiger partial charge in [-0.1, -0.05) is 29.5 Å². The summed E-state index contributed by atoms with van der Waals surface area (Å²) in [6.07, 6.45) is 1.59. The summed E-state index contributed by atoms with van der Waals surface area (Å²) in [6.45, 7) is 5.51. The Morgan fingerprint density at radius 2 is 1.89 bits per heavy atom. The van der Waals surface area contributed by atoms with E-state index in [4.69, 9.17) is 9.15 Å². The van der Waals surface area contributed by atoms with Crippen molar-refractivity contribution in [3.63, 3.8) is 0 Å². The third-order valence-corrected chi connectivity index (χ3v) is 4.93. The maximum absolute atomic E-state index is 12.5. The van der Waals surface area contributed by atoms with Gasteiger partial charge in [-0.2, -0.15) is 0 Å². The summed E-state index contributed by atoms with van der Waals surface area (Å²) in [4.78, 5) is 29.3. The molecule has 1 amide bonds. The highest BCUT2D eigenvalue weighted by atomic mass is 32.2. The Kier molecular flexibility index (Phi) is 5.84. The van der Waals surface area contributed by atoms with E-state index in [9.17, 15) is 14.7 Å². The molecule has 0 saturated heterocycles. The first-order chi connectivity index (χ1) is 13.4. The molecule has 6 nitrogen and oxygen atoms in total. The number of thioether (sulfide) groups is 1. The zero-order chi connectivity index (χ0) is 20.3. The molecule has 144 valence electrons. The van der Waals surface area contributed by atoms with Crippen molar-refractivity contribution in [3.05, 3.63) is 75.3 Å². The van der Waals surface area contributed by atoms with Crippen molar-refractivity contribution in [1.82, 2.24) is 0 Å². The number of amides is 1. The SMILES string of the molecule is CCOC(=O)C1=C(O)/C(=C\c2ccc(C)o2)SC1=NC(=O)c1ccc(C)cc1. The fourth-order valence-corrected chi connectivity index (χ4v) is 3.50. The van der Waals surface area contributed by atoms with E-state index in [-0.39, 0.29) is 23.0 Å². The van der Waals surface area contributed by atoms with Gasteiger partial charge in [0.05, 0.1) is 11.5 Å². The van der Waals surface area contributed by atoms with Crippen molar-refractivity contribution < 1.29 is 23.8 Å². The second-order valence-corrected chi connectivity index (χ2v) is 7.12. The summed E-state index contributed by atoms with van der Waals surface area (Å²) in [5.74, 6) is -0.296. The smallest absolute Gasteiger partial charge is 0.344 e. The molecule has 1 N–H and O–H groups in total. The van der Waals surface area contributed by atoms with Gasteiger partial charge in [-0.25, -0.2) is 9.79 Å². The van der Waals surface area contributed by atoms with Crippen LogP contribution in [0.5, 0.6) is 0 Å². The number of aryl methyl sites for hydroxylation is 2. The molecule has 1 aliphatic heterocycles. The lowest BCUT2D eigenvalue weighted by Crippen LogP contribution is -2.14. The highest BCUT2D eigenvalue weighted by molar-refractivity contribution is 8.18. The molecular formula is C21H19NO5S. The van der Waals surface area contributed by atoms with Gasteiger partial charge in [0.2, 0.25) is 0 Å². The van der Waals surface area contributed by atoms with Crippen molar-refractivity contribution in [2.75, 3.05) is 6.61 Å². The monoisotopic (exact) mass is 397 g/mol. The number of aliphatic hydroxyl groups is 1. The number of carbonyl (C=O) groups is 2. The fraction of sp³-hybridized carbons (Fsp3) is 0.190.